The molecule has 4 nitrogen and oxygen atoms in total. The molecule has 2 aromatic carbocycles. The second-order valence-corrected chi connectivity index (χ2v) is 7.04. The van der Waals surface area contributed by atoms with Gasteiger partial charge in [-0.2, -0.15) is 0 Å². The molecule has 6 heteroatoms. The van der Waals surface area contributed by atoms with Crippen molar-refractivity contribution in [3.63, 3.8) is 0 Å². The quantitative estimate of drug-likeness (QED) is 0.418. The van der Waals surface area contributed by atoms with Gasteiger partial charge in [0.15, 0.2) is 5.41 Å². The lowest BCUT2D eigenvalue weighted by Crippen LogP contribution is -2.39. The van der Waals surface area contributed by atoms with Gasteiger partial charge in [-0.1, -0.05) is 23.2 Å². The van der Waals surface area contributed by atoms with Gasteiger partial charge in [-0.15, -0.1) is 0 Å². The lowest BCUT2D eigenvalue weighted by molar-refractivity contribution is -0.158. The molecule has 0 bridgehead atoms. The number of hydrogen-bond donors (Lipinski definition) is 0. The minimum atomic E-state index is -1.49. The van der Waals surface area contributed by atoms with E-state index in [-0.39, 0.29) is 0 Å². The molecule has 0 atom stereocenters. The first-order valence-corrected chi connectivity index (χ1v) is 8.33. The molecular weight excluding hydrogens is 363 g/mol. The third-order valence-electron chi connectivity index (χ3n) is 3.70. The lowest BCUT2D eigenvalue weighted by Gasteiger charge is -2.21. The van der Waals surface area contributed by atoms with Crippen LogP contribution in [-0.2, 0) is 9.59 Å². The molecule has 0 amide bonds. The van der Waals surface area contributed by atoms with E-state index in [1.807, 2.05) is 0 Å². The van der Waals surface area contributed by atoms with Crippen molar-refractivity contribution in [1.82, 2.24) is 0 Å². The van der Waals surface area contributed by atoms with E-state index >= 15 is 0 Å². The van der Waals surface area contributed by atoms with Crippen molar-refractivity contribution < 1.29 is 19.1 Å². The maximum atomic E-state index is 12.4. The van der Waals surface area contributed by atoms with Gasteiger partial charge in [0.1, 0.15) is 11.5 Å². The Bertz CT molecular complexity index is 761. The molecular formula is C19H18Cl2O4. The Labute approximate surface area is 156 Å². The molecule has 0 heterocycles. The van der Waals surface area contributed by atoms with Crippen LogP contribution in [0.15, 0.2) is 36.4 Å². The molecule has 0 N–H and O–H groups in total. The van der Waals surface area contributed by atoms with Crippen molar-refractivity contribution in [3.8, 4) is 11.5 Å². The standard InChI is InChI=1S/C19H18Cl2O4/c1-11-9-13(5-7-15(11)20)24-17(22)19(3,4)18(23)25-14-6-8-16(21)12(2)10-14/h5-10H,1-4H3. The van der Waals surface area contributed by atoms with Crippen LogP contribution < -0.4 is 9.47 Å². The van der Waals surface area contributed by atoms with Crippen molar-refractivity contribution in [3.05, 3.63) is 57.6 Å². The van der Waals surface area contributed by atoms with Crippen LogP contribution in [0.3, 0.4) is 0 Å². The smallest absolute Gasteiger partial charge is 0.328 e. The van der Waals surface area contributed by atoms with Crippen LogP contribution in [0.4, 0.5) is 0 Å². The molecule has 0 radical (unpaired) electrons. The van der Waals surface area contributed by atoms with Crippen molar-refractivity contribution in [2.45, 2.75) is 27.7 Å². The van der Waals surface area contributed by atoms with Gasteiger partial charge in [0, 0.05) is 10.0 Å². The van der Waals surface area contributed by atoms with Crippen LogP contribution in [0.25, 0.3) is 0 Å². The summed E-state index contributed by atoms with van der Waals surface area (Å²) < 4.78 is 10.6. The van der Waals surface area contributed by atoms with E-state index in [9.17, 15) is 9.59 Å². The molecule has 0 aliphatic rings. The molecule has 0 aliphatic carbocycles. The van der Waals surface area contributed by atoms with Crippen molar-refractivity contribution >= 4 is 35.1 Å². The molecule has 2 aromatic rings. The van der Waals surface area contributed by atoms with Gasteiger partial charge in [-0.3, -0.25) is 9.59 Å². The van der Waals surface area contributed by atoms with Gasteiger partial charge in [0.05, 0.1) is 0 Å². The third kappa shape index (κ3) is 4.53. The number of halogens is 2. The Hall–Kier alpha value is -2.04. The number of esters is 2. The molecule has 25 heavy (non-hydrogen) atoms. The monoisotopic (exact) mass is 380 g/mol. The van der Waals surface area contributed by atoms with Gasteiger partial charge in [0.25, 0.3) is 0 Å². The van der Waals surface area contributed by atoms with Gasteiger partial charge in [-0.05, 0) is 75.2 Å². The summed E-state index contributed by atoms with van der Waals surface area (Å²) in [5.41, 5.74) is 0.0501. The fraction of sp³-hybridized carbons (Fsp3) is 0.263. The first-order valence-electron chi connectivity index (χ1n) is 7.58. The highest BCUT2D eigenvalue weighted by Gasteiger charge is 2.40. The minimum Gasteiger partial charge on any atom is -0.426 e. The van der Waals surface area contributed by atoms with Crippen LogP contribution in [0, 0.1) is 19.3 Å². The topological polar surface area (TPSA) is 52.6 Å². The molecule has 0 aliphatic heterocycles. The van der Waals surface area contributed by atoms with Crippen molar-refractivity contribution in [1.29, 1.82) is 0 Å². The molecule has 2 rings (SSSR count). The van der Waals surface area contributed by atoms with E-state index in [1.54, 1.807) is 50.2 Å². The summed E-state index contributed by atoms with van der Waals surface area (Å²) in [5, 5.41) is 1.13. The average molecular weight is 381 g/mol. The average Bonchev–Trinajstić information content (AvgIpc) is 2.54. The van der Waals surface area contributed by atoms with Crippen LogP contribution in [-0.4, -0.2) is 11.9 Å². The van der Waals surface area contributed by atoms with Gasteiger partial charge >= 0.3 is 11.9 Å². The summed E-state index contributed by atoms with van der Waals surface area (Å²) in [6, 6.07) is 9.64. The molecule has 0 aromatic heterocycles. The maximum Gasteiger partial charge on any atom is 0.328 e. The SMILES string of the molecule is Cc1cc(OC(=O)C(C)(C)C(=O)Oc2ccc(Cl)c(C)c2)ccc1Cl. The fourth-order valence-electron chi connectivity index (χ4n) is 1.91. The number of carbonyl (C=O) groups excluding carboxylic acids is 2. The molecule has 0 saturated carbocycles. The molecule has 0 unspecified atom stereocenters. The number of ether oxygens (including phenoxy) is 2. The van der Waals surface area contributed by atoms with Gasteiger partial charge < -0.3 is 9.47 Å². The van der Waals surface area contributed by atoms with Crippen LogP contribution in [0.2, 0.25) is 10.0 Å². The zero-order chi connectivity index (χ0) is 18.8. The predicted octanol–water partition coefficient (Wildman–Crippen LogP) is 5.15. The van der Waals surface area contributed by atoms with E-state index in [2.05, 4.69) is 0 Å². The Morgan fingerprint density at radius 2 is 1.16 bits per heavy atom. The highest BCUT2D eigenvalue weighted by molar-refractivity contribution is 6.31. The zero-order valence-corrected chi connectivity index (χ0v) is 15.9. The Kier molecular flexibility index (Phi) is 5.76. The fourth-order valence-corrected chi connectivity index (χ4v) is 2.15. The summed E-state index contributed by atoms with van der Waals surface area (Å²) in [4.78, 5) is 24.8. The van der Waals surface area contributed by atoms with E-state index in [0.29, 0.717) is 21.5 Å². The van der Waals surface area contributed by atoms with Crippen LogP contribution >= 0.6 is 23.2 Å². The maximum absolute atomic E-state index is 12.4. The number of aryl methyl sites for hydroxylation is 2. The van der Waals surface area contributed by atoms with Gasteiger partial charge in [0.2, 0.25) is 0 Å². The minimum absolute atomic E-state index is 0.315. The van der Waals surface area contributed by atoms with Gasteiger partial charge in [-0.25, -0.2) is 0 Å². The molecule has 0 spiro atoms. The molecule has 132 valence electrons. The molecule has 0 saturated heterocycles. The van der Waals surface area contributed by atoms with Crippen LogP contribution in [0.5, 0.6) is 11.5 Å². The summed E-state index contributed by atoms with van der Waals surface area (Å²) in [6.07, 6.45) is 0. The zero-order valence-electron chi connectivity index (χ0n) is 14.4. The number of rotatable bonds is 4. The first kappa shape index (κ1) is 19.3. The van der Waals surface area contributed by atoms with Crippen LogP contribution in [0.1, 0.15) is 25.0 Å². The number of carbonyl (C=O) groups is 2. The van der Waals surface area contributed by atoms with E-state index in [0.717, 1.165) is 11.1 Å². The van der Waals surface area contributed by atoms with Crippen molar-refractivity contribution in [2.75, 3.05) is 0 Å². The normalized spacial score (nSPS) is 11.1. The Morgan fingerprint density at radius 1 is 0.800 bits per heavy atom. The van der Waals surface area contributed by atoms with E-state index in [4.69, 9.17) is 32.7 Å². The molecule has 0 fully saturated rings. The number of hydrogen-bond acceptors (Lipinski definition) is 4. The second kappa shape index (κ2) is 7.46. The van der Waals surface area contributed by atoms with E-state index in [1.165, 1.54) is 13.8 Å². The van der Waals surface area contributed by atoms with E-state index < -0.39 is 17.4 Å². The highest BCUT2D eigenvalue weighted by atomic mass is 35.5. The second-order valence-electron chi connectivity index (χ2n) is 6.23. The van der Waals surface area contributed by atoms with Crippen molar-refractivity contribution in [2.24, 2.45) is 5.41 Å². The highest BCUT2D eigenvalue weighted by Crippen LogP contribution is 2.27. The summed E-state index contributed by atoms with van der Waals surface area (Å²) in [5.74, 6) is -0.806. The summed E-state index contributed by atoms with van der Waals surface area (Å²) in [6.45, 7) is 6.48. The first-order chi connectivity index (χ1) is 11.6. The predicted molar refractivity (Wildman–Crippen MR) is 97.4 cm³/mol. The lowest BCUT2D eigenvalue weighted by atomic mass is 9.94. The largest absolute Gasteiger partial charge is 0.426 e. The number of benzene rings is 2. The Balaban J connectivity index is 2.12. The Morgan fingerprint density at radius 3 is 1.48 bits per heavy atom. The summed E-state index contributed by atoms with van der Waals surface area (Å²) in [7, 11) is 0. The third-order valence-corrected chi connectivity index (χ3v) is 4.55. The summed E-state index contributed by atoms with van der Waals surface area (Å²) >= 11 is 11.9.